The largest absolute Gasteiger partial charge is 0.486 e. The number of nitrogens with zero attached hydrogens (tertiary/aromatic N) is 7. The van der Waals surface area contributed by atoms with E-state index in [0.717, 1.165) is 143 Å². The Morgan fingerprint density at radius 3 is 0.939 bits per heavy atom. The van der Waals surface area contributed by atoms with Crippen LogP contribution in [0.5, 0.6) is 34.5 Å². The number of anilines is 4. The van der Waals surface area contributed by atoms with Gasteiger partial charge in [0.1, 0.15) is 58.0 Å². The predicted molar refractivity (Wildman–Crippen MR) is 529 cm³/mol. The molecule has 0 aliphatic carbocycles. The van der Waals surface area contributed by atoms with Crippen LogP contribution in [0.15, 0.2) is 140 Å². The van der Waals surface area contributed by atoms with Crippen molar-refractivity contribution in [2.24, 2.45) is 23.7 Å². The number of rotatable bonds is 23. The van der Waals surface area contributed by atoms with Crippen molar-refractivity contribution >= 4 is 197 Å². The van der Waals surface area contributed by atoms with Crippen LogP contribution in [0, 0.1) is 27.2 Å². The summed E-state index contributed by atoms with van der Waals surface area (Å²) in [7, 11) is 0. The highest BCUT2D eigenvalue weighted by atomic mass is 127. The summed E-state index contributed by atoms with van der Waals surface area (Å²) in [6.07, 6.45) is 6.92. The summed E-state index contributed by atoms with van der Waals surface area (Å²) in [6, 6.07) is 40.0. The normalized spacial score (nSPS) is 20.6. The van der Waals surface area contributed by atoms with Crippen molar-refractivity contribution in [1.82, 2.24) is 30.7 Å². The molecule has 0 spiro atoms. The Balaban J connectivity index is 0.000000140. The first-order chi connectivity index (χ1) is 63.1. The number of carboxylic acids is 1. The fraction of sp³-hybridized carbons (Fsp3) is 0.453. The van der Waals surface area contributed by atoms with Crippen LogP contribution < -0.4 is 64.0 Å². The zero-order valence-corrected chi connectivity index (χ0v) is 82.4. The molecule has 7 fully saturated rings. The van der Waals surface area contributed by atoms with Gasteiger partial charge >= 0.3 is 5.97 Å². The number of carbonyl (C=O) groups is 4. The molecule has 8 aromatic carbocycles. The molecule has 7 N–H and O–H groups in total. The van der Waals surface area contributed by atoms with Gasteiger partial charge in [-0.15, -0.1) is 0 Å². The molecule has 0 radical (unpaired) electrons. The number of aliphatic hydroxyl groups is 3. The highest BCUT2D eigenvalue weighted by Crippen LogP contribution is 2.44. The van der Waals surface area contributed by atoms with E-state index in [1.165, 1.54) is 0 Å². The van der Waals surface area contributed by atoms with Gasteiger partial charge in [0.25, 0.3) is 0 Å². The van der Waals surface area contributed by atoms with E-state index in [1.807, 2.05) is 89.8 Å². The molecule has 8 aromatic rings. The topological polar surface area (TPSA) is 263 Å². The Bertz CT molecular complexity index is 5110. The molecule has 18 rings (SSSR count). The summed E-state index contributed by atoms with van der Waals surface area (Å²) in [5, 5.41) is 59.0. The minimum Gasteiger partial charge on any atom is -0.486 e. The van der Waals surface area contributed by atoms with E-state index >= 15 is 0 Å². The molecule has 0 aromatic heterocycles. The number of aliphatic hydroxyl groups excluding tert-OH is 3. The van der Waals surface area contributed by atoms with Gasteiger partial charge in [0.15, 0.2) is 34.5 Å². The van der Waals surface area contributed by atoms with Crippen LogP contribution in [-0.2, 0) is 19.2 Å². The van der Waals surface area contributed by atoms with Crippen molar-refractivity contribution in [1.29, 1.82) is 0 Å². The summed E-state index contributed by atoms with van der Waals surface area (Å²) in [5.41, 5.74) is 5.51. The second kappa shape index (κ2) is 47.9. The van der Waals surface area contributed by atoms with E-state index in [0.29, 0.717) is 205 Å². The van der Waals surface area contributed by atoms with Gasteiger partial charge in [-0.25, -0.2) is 0 Å². The second-order valence-electron chi connectivity index (χ2n) is 34.0. The Labute approximate surface area is 832 Å². The van der Waals surface area contributed by atoms with Gasteiger partial charge in [0.05, 0.1) is 94.7 Å². The molecule has 704 valence electrons. The Morgan fingerprint density at radius 1 is 0.328 bits per heavy atom. The molecule has 24 nitrogen and oxygen atoms in total. The van der Waals surface area contributed by atoms with Gasteiger partial charge < -0.3 is 99.1 Å². The van der Waals surface area contributed by atoms with Gasteiger partial charge in [-0.05, 0) is 270 Å². The Kier molecular flexibility index (Phi) is 36.6. The van der Waals surface area contributed by atoms with Crippen molar-refractivity contribution < 1.29 is 68.0 Å². The minimum atomic E-state index is -0.953. The molecule has 10 aliphatic heterocycles. The highest BCUT2D eigenvalue weighted by molar-refractivity contribution is 14.1. The number of amides is 3. The van der Waals surface area contributed by atoms with E-state index < -0.39 is 42.4 Å². The number of likely N-dealkylation sites (tertiary alicyclic amines) is 3. The number of nitrogens with one attached hydrogen (secondary N) is 3. The van der Waals surface area contributed by atoms with Crippen LogP contribution in [0.1, 0.15) is 99.2 Å². The zero-order valence-electron chi connectivity index (χ0n) is 71.9. The first-order valence-corrected chi connectivity index (χ1v) is 49.5. The zero-order chi connectivity index (χ0) is 92.5. The van der Waals surface area contributed by atoms with Gasteiger partial charge in [0, 0.05) is 101 Å². The number of carboxylic acid groups (broad SMARTS) is 1. The average Bonchev–Trinajstić information content (AvgIpc) is 1.22. The number of halogens is 12. The van der Waals surface area contributed by atoms with Crippen molar-refractivity contribution in [3.8, 4) is 34.5 Å². The predicted octanol–water partition coefficient (Wildman–Crippen LogP) is 18.9. The molecular formula is C95H106Cl11IN10O14. The van der Waals surface area contributed by atoms with Gasteiger partial charge in [-0.1, -0.05) is 140 Å². The number of aliphatic carboxylic acids is 1. The molecule has 2 unspecified atom stereocenters. The monoisotopic (exact) mass is 2120 g/mol. The molecule has 7 saturated heterocycles. The van der Waals surface area contributed by atoms with Crippen LogP contribution in [0.2, 0.25) is 55.2 Å². The lowest BCUT2D eigenvalue weighted by molar-refractivity contribution is -0.141. The first-order valence-electron chi connectivity index (χ1n) is 44.3. The maximum absolute atomic E-state index is 13.4. The molecule has 0 saturated carbocycles. The van der Waals surface area contributed by atoms with E-state index in [4.69, 9.17) is 161 Å². The lowest BCUT2D eigenvalue weighted by Gasteiger charge is -2.30. The Hall–Kier alpha value is -6.68. The summed E-state index contributed by atoms with van der Waals surface area (Å²) in [4.78, 5) is 66.1. The lowest BCUT2D eigenvalue weighted by Crippen LogP contribution is -2.48. The summed E-state index contributed by atoms with van der Waals surface area (Å²) in [5.74, 6) is 1.84. The van der Waals surface area contributed by atoms with E-state index in [1.54, 1.807) is 54.6 Å². The molecule has 0 bridgehead atoms. The third kappa shape index (κ3) is 27.2. The van der Waals surface area contributed by atoms with E-state index in [9.17, 15) is 34.5 Å². The maximum Gasteiger partial charge on any atom is 0.308 e. The molecule has 36 heteroatoms. The third-order valence-corrected chi connectivity index (χ3v) is 29.2. The van der Waals surface area contributed by atoms with Crippen LogP contribution in [-0.4, -0.2) is 228 Å². The maximum atomic E-state index is 13.4. The summed E-state index contributed by atoms with van der Waals surface area (Å²) < 4.78 is 35.0. The SMILES string of the molecule is Clc1ccc(I)c(Cl)c1.O=C(N[C@H](CN1CCCC1)[C@H](O)c1cc(Cl)c2c(c1)OCCO2)C1CCN(c2ccc(Cl)cc2Cl)C1.O=C(N[C@H](CN1CCCC1)[C@H](O)c1ccc2c(c1)OCCO2)[C@@H]1CCN(c2ccc(Cl)cc2Cl)C1.O=C(N[C@H](CN1CCCC1)[C@H](O)c1ccc2c(c1)OCCO2)[C@H]1CCN(c2ccc(Cl)cc2Cl)C1.O=C(O)C1CCN(c2ccc(Cl)cc2Cl)C1. The standard InChI is InChI=1S/C26H30Cl3N3O4.2C26H31Cl2N3O4.C11H11Cl2NO2.C6H3Cl2I/c27-18-3-4-22(19(28)13-18)32-8-5-16(14-32)26(34)30-21(15-31-6-1-2-7-31)24(33)17-11-20(29)25-23(12-17)35-9-10-36-25;2*27-19-4-5-22(20(28)14-19)31-10-7-18(15-31)26(33)29-21(16-30-8-1-2-9-30)25(32)17-3-6-23-24(13-17)35-12-11-34-23;12-8-1-2-10(9(13)5-8)14-4-3-7(6-14)11(15)16;7-4-1-2-6(9)5(8)3-4/h3-4,11-13,16,21,24,33H,1-2,5-10,14-15H2,(H,30,34);2*3-6,13-14,18,21,25,32H,1-2,7-12,15-16H2,(H,29,33);1-2,5,7H,3-4,6H2,(H,15,16);1-3H/t16?,21-,24-;18-,21+,25+;18-,21-,25-;;/m101../s1. The number of benzene rings is 8. The van der Waals surface area contributed by atoms with Crippen molar-refractivity contribution in [3.63, 3.8) is 0 Å². The minimum absolute atomic E-state index is 0.0432. The van der Waals surface area contributed by atoms with E-state index in [2.05, 4.69) is 67.9 Å². The first kappa shape index (κ1) is 100. The quantitative estimate of drug-likeness (QED) is 0.0232. The summed E-state index contributed by atoms with van der Waals surface area (Å²) >= 11 is 69.1. The molecule has 131 heavy (non-hydrogen) atoms. The Morgan fingerprint density at radius 2 is 0.618 bits per heavy atom. The second-order valence-corrected chi connectivity index (χ2v) is 39.8. The number of hydrogen-bond donors (Lipinski definition) is 7. The van der Waals surface area contributed by atoms with Gasteiger partial charge in [0.2, 0.25) is 17.7 Å². The molecule has 10 atom stereocenters. The van der Waals surface area contributed by atoms with Crippen molar-refractivity contribution in [2.45, 2.75) is 101 Å². The van der Waals surface area contributed by atoms with Crippen molar-refractivity contribution in [3.05, 3.63) is 215 Å². The van der Waals surface area contributed by atoms with Crippen LogP contribution in [0.4, 0.5) is 22.7 Å². The molecular weight excluding hydrogens is 2020 g/mol. The van der Waals surface area contributed by atoms with Crippen molar-refractivity contribution in [2.75, 3.05) is 171 Å². The third-order valence-electron chi connectivity index (χ3n) is 25.0. The lowest BCUT2D eigenvalue weighted by atomic mass is 9.99. The number of carbonyl (C=O) groups excluding carboxylic acids is 3. The highest BCUT2D eigenvalue weighted by Gasteiger charge is 2.40. The van der Waals surface area contributed by atoms with E-state index in [-0.39, 0.29) is 41.4 Å². The van der Waals surface area contributed by atoms with Gasteiger partial charge in [-0.3, -0.25) is 19.2 Å². The molecule has 10 heterocycles. The van der Waals surface area contributed by atoms with Crippen LogP contribution in [0.25, 0.3) is 0 Å². The summed E-state index contributed by atoms with van der Waals surface area (Å²) in [6.45, 7) is 15.5. The van der Waals surface area contributed by atoms with Gasteiger partial charge in [-0.2, -0.15) is 0 Å². The fourth-order valence-corrected chi connectivity index (χ4v) is 21.1. The van der Waals surface area contributed by atoms with Crippen LogP contribution in [0.3, 0.4) is 0 Å². The molecule has 3 amide bonds. The van der Waals surface area contributed by atoms with Crippen LogP contribution >= 0.6 is 150 Å². The molecule has 10 aliphatic rings. The fourth-order valence-electron chi connectivity index (χ4n) is 18.0. The number of ether oxygens (including phenoxy) is 6. The number of fused-ring (bicyclic) bond motifs is 3. The number of hydrogen-bond acceptors (Lipinski definition) is 20. The smallest absolute Gasteiger partial charge is 0.308 e. The average molecular weight is 2130 g/mol.